The van der Waals surface area contributed by atoms with E-state index in [1.54, 1.807) is 0 Å². The third-order valence-corrected chi connectivity index (χ3v) is 4.63. The highest BCUT2D eigenvalue weighted by atomic mass is 16.2. The smallest absolute Gasteiger partial charge is 0.317 e. The molecule has 132 valence electrons. The van der Waals surface area contributed by atoms with Gasteiger partial charge in [0.1, 0.15) is 5.82 Å². The third kappa shape index (κ3) is 4.78. The first kappa shape index (κ1) is 17.4. The molecule has 2 aromatic rings. The second kappa shape index (κ2) is 8.10. The van der Waals surface area contributed by atoms with Crippen LogP contribution in [0.2, 0.25) is 0 Å². The molecule has 1 unspecified atom stereocenters. The van der Waals surface area contributed by atoms with E-state index in [4.69, 9.17) is 0 Å². The van der Waals surface area contributed by atoms with Gasteiger partial charge in [-0.15, -0.1) is 0 Å². The van der Waals surface area contributed by atoms with Crippen LogP contribution < -0.4 is 5.32 Å². The van der Waals surface area contributed by atoms with Crippen LogP contribution in [0, 0.1) is 13.8 Å². The summed E-state index contributed by atoms with van der Waals surface area (Å²) in [5, 5.41) is 3.02. The molecular weight excluding hydrogens is 312 g/mol. The molecule has 1 saturated heterocycles. The molecule has 0 bridgehead atoms. The number of nitrogens with one attached hydrogen (secondary N) is 1. The number of aryl methyl sites for hydroxylation is 2. The molecule has 1 fully saturated rings. The second-order valence-corrected chi connectivity index (χ2v) is 6.74. The van der Waals surface area contributed by atoms with Crippen LogP contribution in [0.1, 0.15) is 41.5 Å². The van der Waals surface area contributed by atoms with Crippen LogP contribution >= 0.6 is 0 Å². The van der Waals surface area contributed by atoms with Crippen LogP contribution in [0.25, 0.3) is 0 Å². The molecular formula is C20H26N4O. The van der Waals surface area contributed by atoms with Crippen LogP contribution in [0.15, 0.2) is 36.4 Å². The van der Waals surface area contributed by atoms with Crippen LogP contribution in [-0.2, 0) is 6.42 Å². The van der Waals surface area contributed by atoms with E-state index in [0.717, 1.165) is 43.1 Å². The maximum atomic E-state index is 12.5. The summed E-state index contributed by atoms with van der Waals surface area (Å²) in [6.45, 7) is 6.11. The van der Waals surface area contributed by atoms with Crippen molar-refractivity contribution in [1.82, 2.24) is 20.2 Å². The zero-order chi connectivity index (χ0) is 17.6. The average Bonchev–Trinajstić information content (AvgIpc) is 2.62. The molecule has 1 atom stereocenters. The van der Waals surface area contributed by atoms with Crippen molar-refractivity contribution in [2.45, 2.75) is 39.0 Å². The van der Waals surface area contributed by atoms with E-state index in [1.807, 2.05) is 30.9 Å². The third-order valence-electron chi connectivity index (χ3n) is 4.63. The predicted octanol–water partition coefficient (Wildman–Crippen LogP) is 3.23. The number of hydrogen-bond donors (Lipinski definition) is 1. The molecule has 1 aromatic heterocycles. The molecule has 3 rings (SSSR count). The predicted molar refractivity (Wildman–Crippen MR) is 98.6 cm³/mol. The summed E-state index contributed by atoms with van der Waals surface area (Å²) in [5.41, 5.74) is 3.26. The molecule has 1 N–H and O–H groups in total. The molecule has 5 heteroatoms. The molecule has 2 amide bonds. The number of nitrogens with zero attached hydrogens (tertiary/aromatic N) is 3. The van der Waals surface area contributed by atoms with Gasteiger partial charge in [-0.25, -0.2) is 14.8 Å². The summed E-state index contributed by atoms with van der Waals surface area (Å²) in [4.78, 5) is 23.2. The summed E-state index contributed by atoms with van der Waals surface area (Å²) < 4.78 is 0. The van der Waals surface area contributed by atoms with Gasteiger partial charge in [0.25, 0.3) is 0 Å². The highest BCUT2D eigenvalue weighted by Crippen LogP contribution is 2.26. The maximum absolute atomic E-state index is 12.5. The number of benzene rings is 1. The quantitative estimate of drug-likeness (QED) is 0.931. The number of urea groups is 1. The largest absolute Gasteiger partial charge is 0.338 e. The van der Waals surface area contributed by atoms with Crippen LogP contribution in [0.4, 0.5) is 4.79 Å². The van der Waals surface area contributed by atoms with E-state index in [-0.39, 0.29) is 6.03 Å². The minimum Gasteiger partial charge on any atom is -0.338 e. The van der Waals surface area contributed by atoms with E-state index >= 15 is 0 Å². The van der Waals surface area contributed by atoms with Gasteiger partial charge < -0.3 is 10.2 Å². The summed E-state index contributed by atoms with van der Waals surface area (Å²) in [7, 11) is 0. The first-order chi connectivity index (χ1) is 12.1. The van der Waals surface area contributed by atoms with Crippen LogP contribution in [0.3, 0.4) is 0 Å². The standard InChI is InChI=1S/C20H26N4O/c1-15-13-16(2)23-19(22-15)10-11-21-20(25)24-12-6-9-18(14-24)17-7-4-3-5-8-17/h3-5,7-8,13,18H,6,9-12,14H2,1-2H3,(H,21,25). The molecule has 2 heterocycles. The first-order valence-electron chi connectivity index (χ1n) is 9.00. The molecule has 1 aromatic carbocycles. The Morgan fingerprint density at radius 3 is 2.64 bits per heavy atom. The minimum absolute atomic E-state index is 0.0185. The monoisotopic (exact) mass is 338 g/mol. The Morgan fingerprint density at radius 1 is 1.20 bits per heavy atom. The van der Waals surface area contributed by atoms with Gasteiger partial charge in [0.05, 0.1) is 0 Å². The van der Waals surface area contributed by atoms with Gasteiger partial charge in [-0.3, -0.25) is 0 Å². The number of likely N-dealkylation sites (tertiary alicyclic amines) is 1. The van der Waals surface area contributed by atoms with Gasteiger partial charge in [0, 0.05) is 43.4 Å². The molecule has 0 spiro atoms. The molecule has 0 saturated carbocycles. The van der Waals surface area contributed by atoms with Crippen molar-refractivity contribution in [3.63, 3.8) is 0 Å². The molecule has 1 aliphatic rings. The SMILES string of the molecule is Cc1cc(C)nc(CCNC(=O)N2CCCC(c3ccccc3)C2)n1. The van der Waals surface area contributed by atoms with Crippen molar-refractivity contribution >= 4 is 6.03 Å². The van der Waals surface area contributed by atoms with Crippen molar-refractivity contribution in [3.8, 4) is 0 Å². The Hall–Kier alpha value is -2.43. The van der Waals surface area contributed by atoms with Crippen molar-refractivity contribution < 1.29 is 4.79 Å². The lowest BCUT2D eigenvalue weighted by atomic mass is 9.91. The first-order valence-corrected chi connectivity index (χ1v) is 9.00. The molecule has 1 aliphatic heterocycles. The van der Waals surface area contributed by atoms with Gasteiger partial charge in [0.15, 0.2) is 0 Å². The Bertz CT molecular complexity index is 697. The Morgan fingerprint density at radius 2 is 1.92 bits per heavy atom. The number of amides is 2. The Kier molecular flexibility index (Phi) is 5.64. The Balaban J connectivity index is 1.51. The number of hydrogen-bond acceptors (Lipinski definition) is 3. The van der Waals surface area contributed by atoms with Gasteiger partial charge in [-0.2, -0.15) is 0 Å². The van der Waals surface area contributed by atoms with Crippen LogP contribution in [-0.4, -0.2) is 40.5 Å². The highest BCUT2D eigenvalue weighted by molar-refractivity contribution is 5.74. The lowest BCUT2D eigenvalue weighted by Gasteiger charge is -2.33. The fraction of sp³-hybridized carbons (Fsp3) is 0.450. The van der Waals surface area contributed by atoms with E-state index in [0.29, 0.717) is 18.9 Å². The zero-order valence-electron chi connectivity index (χ0n) is 15.0. The van der Waals surface area contributed by atoms with E-state index in [9.17, 15) is 4.79 Å². The van der Waals surface area contributed by atoms with E-state index in [2.05, 4.69) is 39.6 Å². The van der Waals surface area contributed by atoms with Gasteiger partial charge in [-0.05, 0) is 38.3 Å². The fourth-order valence-corrected chi connectivity index (χ4v) is 3.46. The topological polar surface area (TPSA) is 58.1 Å². The second-order valence-electron chi connectivity index (χ2n) is 6.74. The van der Waals surface area contributed by atoms with Crippen molar-refractivity contribution in [2.24, 2.45) is 0 Å². The summed E-state index contributed by atoms with van der Waals surface area (Å²) >= 11 is 0. The normalized spacial score (nSPS) is 17.4. The highest BCUT2D eigenvalue weighted by Gasteiger charge is 2.24. The fourth-order valence-electron chi connectivity index (χ4n) is 3.46. The number of carbonyl (C=O) groups excluding carboxylic acids is 1. The van der Waals surface area contributed by atoms with Crippen molar-refractivity contribution in [2.75, 3.05) is 19.6 Å². The lowest BCUT2D eigenvalue weighted by molar-refractivity contribution is 0.179. The van der Waals surface area contributed by atoms with E-state index in [1.165, 1.54) is 5.56 Å². The zero-order valence-corrected chi connectivity index (χ0v) is 15.0. The number of aromatic nitrogens is 2. The van der Waals surface area contributed by atoms with Crippen LogP contribution in [0.5, 0.6) is 0 Å². The minimum atomic E-state index is 0.0185. The Labute approximate surface area is 149 Å². The molecule has 0 radical (unpaired) electrons. The molecule has 0 aliphatic carbocycles. The maximum Gasteiger partial charge on any atom is 0.317 e. The summed E-state index contributed by atoms with van der Waals surface area (Å²) in [5.74, 6) is 1.22. The van der Waals surface area contributed by atoms with Crippen molar-refractivity contribution in [1.29, 1.82) is 0 Å². The average molecular weight is 338 g/mol. The lowest BCUT2D eigenvalue weighted by Crippen LogP contribution is -2.45. The summed E-state index contributed by atoms with van der Waals surface area (Å²) in [6.07, 6.45) is 2.85. The van der Waals surface area contributed by atoms with Crippen molar-refractivity contribution in [3.05, 3.63) is 59.2 Å². The van der Waals surface area contributed by atoms with Gasteiger partial charge in [-0.1, -0.05) is 30.3 Å². The number of piperidine rings is 1. The molecule has 5 nitrogen and oxygen atoms in total. The number of rotatable bonds is 4. The van der Waals surface area contributed by atoms with Gasteiger partial charge >= 0.3 is 6.03 Å². The van der Waals surface area contributed by atoms with E-state index < -0.39 is 0 Å². The number of carbonyl (C=O) groups is 1. The van der Waals surface area contributed by atoms with Gasteiger partial charge in [0.2, 0.25) is 0 Å². The summed E-state index contributed by atoms with van der Waals surface area (Å²) in [6, 6.07) is 12.5. The molecule has 25 heavy (non-hydrogen) atoms.